The summed E-state index contributed by atoms with van der Waals surface area (Å²) in [5, 5.41) is 2.98. The van der Waals surface area contributed by atoms with Crippen molar-refractivity contribution in [3.63, 3.8) is 0 Å². The fourth-order valence-corrected chi connectivity index (χ4v) is 5.98. The topological polar surface area (TPSA) is 101 Å². The number of carbonyl (C=O) groups is 1. The highest BCUT2D eigenvalue weighted by molar-refractivity contribution is 7.93. The number of hydrogen-bond acceptors (Lipinski definition) is 5. The predicted octanol–water partition coefficient (Wildman–Crippen LogP) is 4.86. The molecule has 0 fully saturated rings. The van der Waals surface area contributed by atoms with Crippen LogP contribution in [-0.4, -0.2) is 35.5 Å². The molecule has 35 heavy (non-hydrogen) atoms. The van der Waals surface area contributed by atoms with E-state index < -0.39 is 38.4 Å². The molecule has 0 aliphatic rings. The number of sulfonamides is 1. The number of hydrogen-bond donors (Lipinski definition) is 1. The fraction of sp³-hybridized carbons (Fsp3) is 0.208. The Hall–Kier alpha value is -2.59. The van der Waals surface area contributed by atoms with Crippen LogP contribution in [0.5, 0.6) is 0 Å². The number of halogens is 2. The van der Waals surface area contributed by atoms with Gasteiger partial charge in [0.05, 0.1) is 31.6 Å². The molecule has 3 aromatic rings. The van der Waals surface area contributed by atoms with Gasteiger partial charge in [0.25, 0.3) is 10.0 Å². The van der Waals surface area contributed by atoms with E-state index in [0.29, 0.717) is 12.0 Å². The summed E-state index contributed by atoms with van der Waals surface area (Å²) in [7, 11) is -7.51. The van der Waals surface area contributed by atoms with E-state index in [1.165, 1.54) is 36.4 Å². The van der Waals surface area contributed by atoms with E-state index in [-0.39, 0.29) is 25.5 Å². The SMILES string of the molecule is CCC(NC(=O)CN(c1cccc(Cl)c1Cl)S(=O)(=O)c1ccccc1)c1ccc(S(C)(=O)=O)cc1. The number of sulfone groups is 1. The zero-order valence-electron chi connectivity index (χ0n) is 19.0. The van der Waals surface area contributed by atoms with E-state index in [9.17, 15) is 21.6 Å². The van der Waals surface area contributed by atoms with E-state index in [0.717, 1.165) is 10.6 Å². The number of nitrogens with one attached hydrogen (secondary N) is 1. The standard InChI is InChI=1S/C24H24Cl2N2O5S2/c1-3-21(17-12-14-18(15-13-17)34(2,30)31)27-23(29)16-28(22-11-7-10-20(25)24(22)26)35(32,33)19-8-5-4-6-9-19/h4-15,21H,3,16H2,1-2H3,(H,27,29). The van der Waals surface area contributed by atoms with Crippen molar-refractivity contribution in [2.24, 2.45) is 0 Å². The first-order valence-electron chi connectivity index (χ1n) is 10.6. The third kappa shape index (κ3) is 6.35. The molecule has 1 unspecified atom stereocenters. The average Bonchev–Trinajstić information content (AvgIpc) is 2.83. The van der Waals surface area contributed by atoms with Crippen molar-refractivity contribution in [3.8, 4) is 0 Å². The summed E-state index contributed by atoms with van der Waals surface area (Å²) < 4.78 is 51.3. The molecule has 0 aliphatic carbocycles. The molecule has 3 aromatic carbocycles. The molecule has 7 nitrogen and oxygen atoms in total. The highest BCUT2D eigenvalue weighted by Gasteiger charge is 2.30. The van der Waals surface area contributed by atoms with Gasteiger partial charge in [0.1, 0.15) is 6.54 Å². The summed E-state index contributed by atoms with van der Waals surface area (Å²) in [5.41, 5.74) is 0.759. The Morgan fingerprint density at radius 2 is 1.51 bits per heavy atom. The van der Waals surface area contributed by atoms with Crippen LogP contribution in [-0.2, 0) is 24.7 Å². The number of nitrogens with zero attached hydrogens (tertiary/aromatic N) is 1. The quantitative estimate of drug-likeness (QED) is 0.407. The molecule has 1 atom stereocenters. The van der Waals surface area contributed by atoms with Crippen LogP contribution < -0.4 is 9.62 Å². The Labute approximate surface area is 215 Å². The van der Waals surface area contributed by atoms with Crippen molar-refractivity contribution in [2.75, 3.05) is 17.1 Å². The summed E-state index contributed by atoms with van der Waals surface area (Å²) in [4.78, 5) is 13.2. The molecule has 0 saturated carbocycles. The molecule has 0 bridgehead atoms. The molecule has 0 spiro atoms. The van der Waals surface area contributed by atoms with Gasteiger partial charge in [0.2, 0.25) is 5.91 Å². The van der Waals surface area contributed by atoms with Crippen LogP contribution in [0, 0.1) is 0 Å². The Morgan fingerprint density at radius 3 is 2.09 bits per heavy atom. The Balaban J connectivity index is 1.92. The molecule has 186 valence electrons. The number of anilines is 1. The summed E-state index contributed by atoms with van der Waals surface area (Å²) in [6, 6.07) is 18.0. The summed E-state index contributed by atoms with van der Waals surface area (Å²) in [5.74, 6) is -0.570. The lowest BCUT2D eigenvalue weighted by atomic mass is 10.0. The van der Waals surface area contributed by atoms with Crippen LogP contribution in [0.2, 0.25) is 10.0 Å². The van der Waals surface area contributed by atoms with Crippen LogP contribution in [0.25, 0.3) is 0 Å². The van der Waals surface area contributed by atoms with Crippen molar-refractivity contribution >= 4 is 54.7 Å². The summed E-state index contributed by atoms with van der Waals surface area (Å²) in [6.45, 7) is 1.30. The lowest BCUT2D eigenvalue weighted by molar-refractivity contribution is -0.120. The number of benzene rings is 3. The number of carbonyl (C=O) groups excluding carboxylic acids is 1. The normalized spacial score (nSPS) is 12.7. The number of rotatable bonds is 9. The van der Waals surface area contributed by atoms with Crippen LogP contribution in [0.4, 0.5) is 5.69 Å². The third-order valence-electron chi connectivity index (χ3n) is 5.27. The van der Waals surface area contributed by atoms with Gasteiger partial charge in [-0.15, -0.1) is 0 Å². The van der Waals surface area contributed by atoms with Crippen LogP contribution in [0.1, 0.15) is 24.9 Å². The second kappa shape index (κ2) is 11.0. The van der Waals surface area contributed by atoms with E-state index in [1.54, 1.807) is 36.4 Å². The highest BCUT2D eigenvalue weighted by Crippen LogP contribution is 2.35. The monoisotopic (exact) mass is 554 g/mol. The maximum atomic E-state index is 13.5. The second-order valence-electron chi connectivity index (χ2n) is 7.77. The van der Waals surface area contributed by atoms with Gasteiger partial charge < -0.3 is 5.32 Å². The van der Waals surface area contributed by atoms with Gasteiger partial charge >= 0.3 is 0 Å². The molecule has 1 amide bonds. The maximum absolute atomic E-state index is 13.5. The van der Waals surface area contributed by atoms with E-state index in [1.807, 2.05) is 6.92 Å². The van der Waals surface area contributed by atoms with Gasteiger partial charge in [0.15, 0.2) is 9.84 Å². The number of amides is 1. The van der Waals surface area contributed by atoms with Crippen LogP contribution in [0.15, 0.2) is 82.6 Å². The van der Waals surface area contributed by atoms with Gasteiger partial charge in [0, 0.05) is 6.26 Å². The molecule has 0 saturated heterocycles. The smallest absolute Gasteiger partial charge is 0.264 e. The Kier molecular flexibility index (Phi) is 8.48. The van der Waals surface area contributed by atoms with Crippen molar-refractivity contribution < 1.29 is 21.6 Å². The minimum atomic E-state index is -4.15. The van der Waals surface area contributed by atoms with Gasteiger partial charge in [-0.1, -0.05) is 66.5 Å². The minimum Gasteiger partial charge on any atom is -0.348 e. The van der Waals surface area contributed by atoms with Gasteiger partial charge in [-0.05, 0) is 48.4 Å². The summed E-state index contributed by atoms with van der Waals surface area (Å²) in [6.07, 6.45) is 1.61. The largest absolute Gasteiger partial charge is 0.348 e. The lowest BCUT2D eigenvalue weighted by Crippen LogP contribution is -2.42. The molecule has 1 N–H and O–H groups in total. The molecular formula is C24H24Cl2N2O5S2. The molecule has 0 aliphatic heterocycles. The van der Waals surface area contributed by atoms with E-state index >= 15 is 0 Å². The van der Waals surface area contributed by atoms with Crippen molar-refractivity contribution in [1.82, 2.24) is 5.32 Å². The van der Waals surface area contributed by atoms with Gasteiger partial charge in [-0.3, -0.25) is 9.10 Å². The Morgan fingerprint density at radius 1 is 0.886 bits per heavy atom. The van der Waals surface area contributed by atoms with Gasteiger partial charge in [-0.25, -0.2) is 16.8 Å². The van der Waals surface area contributed by atoms with E-state index in [4.69, 9.17) is 23.2 Å². The van der Waals surface area contributed by atoms with Crippen molar-refractivity contribution in [1.29, 1.82) is 0 Å². The van der Waals surface area contributed by atoms with Gasteiger partial charge in [-0.2, -0.15) is 0 Å². The average molecular weight is 556 g/mol. The van der Waals surface area contributed by atoms with Crippen LogP contribution in [0.3, 0.4) is 0 Å². The Bertz CT molecular complexity index is 1410. The van der Waals surface area contributed by atoms with Crippen LogP contribution >= 0.6 is 23.2 Å². The molecule has 0 aromatic heterocycles. The first kappa shape index (κ1) is 27.0. The fourth-order valence-electron chi connectivity index (χ4n) is 3.44. The molecule has 0 radical (unpaired) electrons. The maximum Gasteiger partial charge on any atom is 0.264 e. The van der Waals surface area contributed by atoms with Crippen molar-refractivity contribution in [3.05, 3.63) is 88.4 Å². The zero-order valence-corrected chi connectivity index (χ0v) is 22.1. The first-order chi connectivity index (χ1) is 16.4. The molecule has 11 heteroatoms. The summed E-state index contributed by atoms with van der Waals surface area (Å²) >= 11 is 12.5. The second-order valence-corrected chi connectivity index (χ2v) is 12.4. The third-order valence-corrected chi connectivity index (χ3v) is 8.98. The zero-order chi connectivity index (χ0) is 25.8. The highest BCUT2D eigenvalue weighted by atomic mass is 35.5. The minimum absolute atomic E-state index is 0.00452. The molecular weight excluding hydrogens is 531 g/mol. The van der Waals surface area contributed by atoms with E-state index in [2.05, 4.69) is 5.32 Å². The molecule has 0 heterocycles. The molecule has 3 rings (SSSR count). The first-order valence-corrected chi connectivity index (χ1v) is 14.6. The van der Waals surface area contributed by atoms with Crippen molar-refractivity contribution in [2.45, 2.75) is 29.2 Å². The predicted molar refractivity (Wildman–Crippen MR) is 138 cm³/mol. The lowest BCUT2D eigenvalue weighted by Gasteiger charge is -2.26.